The second-order valence-electron chi connectivity index (χ2n) is 8.00. The third-order valence-electron chi connectivity index (χ3n) is 4.67. The van der Waals surface area contributed by atoms with Gasteiger partial charge in [0, 0.05) is 12.5 Å². The van der Waals surface area contributed by atoms with Gasteiger partial charge in [-0.1, -0.05) is 58.0 Å². The first kappa shape index (κ1) is 25.1. The molecule has 1 aromatic carbocycles. The highest BCUT2D eigenvalue weighted by atomic mass is 16.2. The molecule has 0 aliphatic rings. The highest BCUT2D eigenvalue weighted by molar-refractivity contribution is 5.93. The van der Waals surface area contributed by atoms with Crippen molar-refractivity contribution in [3.8, 4) is 0 Å². The molecular weight excluding hydrogens is 384 g/mol. The lowest BCUT2D eigenvalue weighted by Gasteiger charge is -2.26. The van der Waals surface area contributed by atoms with E-state index in [4.69, 9.17) is 5.73 Å². The molecule has 8 nitrogen and oxygen atoms in total. The van der Waals surface area contributed by atoms with E-state index in [2.05, 4.69) is 16.0 Å². The van der Waals surface area contributed by atoms with Crippen LogP contribution in [0.3, 0.4) is 0 Å². The number of rotatable bonds is 12. The predicted octanol–water partition coefficient (Wildman–Crippen LogP) is 1.53. The van der Waals surface area contributed by atoms with Crippen LogP contribution < -0.4 is 21.7 Å². The number of nitrogens with one attached hydrogen (secondary N) is 3. The Morgan fingerprint density at radius 1 is 0.967 bits per heavy atom. The molecule has 5 N–H and O–H groups in total. The average molecular weight is 419 g/mol. The number of ketones is 1. The molecule has 0 bridgehead atoms. The van der Waals surface area contributed by atoms with Gasteiger partial charge < -0.3 is 21.7 Å². The van der Waals surface area contributed by atoms with Gasteiger partial charge in [0.2, 0.25) is 11.8 Å². The van der Waals surface area contributed by atoms with Crippen molar-refractivity contribution in [2.45, 2.75) is 59.0 Å². The van der Waals surface area contributed by atoms with E-state index in [0.717, 1.165) is 5.56 Å². The molecule has 2 unspecified atom stereocenters. The second-order valence-corrected chi connectivity index (χ2v) is 8.00. The van der Waals surface area contributed by atoms with Gasteiger partial charge in [-0.2, -0.15) is 0 Å². The maximum atomic E-state index is 12.9. The number of carbonyl (C=O) groups excluding carboxylic acids is 4. The Balaban J connectivity index is 2.76. The van der Waals surface area contributed by atoms with Gasteiger partial charge >= 0.3 is 6.03 Å². The van der Waals surface area contributed by atoms with Crippen molar-refractivity contribution in [3.63, 3.8) is 0 Å². The monoisotopic (exact) mass is 418 g/mol. The number of amides is 4. The van der Waals surface area contributed by atoms with E-state index in [1.807, 2.05) is 44.2 Å². The Labute approximate surface area is 178 Å². The van der Waals surface area contributed by atoms with Crippen molar-refractivity contribution in [3.05, 3.63) is 35.9 Å². The van der Waals surface area contributed by atoms with Crippen molar-refractivity contribution < 1.29 is 19.2 Å². The number of Topliss-reactive ketones (excluding diaryl/α,β-unsaturated/α-hetero) is 1. The quantitative estimate of drug-likeness (QED) is 0.383. The Kier molecular flexibility index (Phi) is 10.6. The van der Waals surface area contributed by atoms with Crippen molar-refractivity contribution in [1.82, 2.24) is 16.0 Å². The normalized spacial score (nSPS) is 12.9. The SMILES string of the molecule is CC(C)C(=O)C(CCCNC(N)=O)NC(=O)C(NC(=O)Cc1ccccc1)C(C)C. The van der Waals surface area contributed by atoms with Crippen molar-refractivity contribution in [2.75, 3.05) is 6.54 Å². The fraction of sp³-hybridized carbons (Fsp3) is 0.545. The largest absolute Gasteiger partial charge is 0.352 e. The molecule has 0 aliphatic heterocycles. The minimum atomic E-state index is -0.757. The van der Waals surface area contributed by atoms with Crippen molar-refractivity contribution >= 4 is 23.6 Å². The molecule has 8 heteroatoms. The van der Waals surface area contributed by atoms with E-state index in [0.29, 0.717) is 19.4 Å². The molecule has 30 heavy (non-hydrogen) atoms. The summed E-state index contributed by atoms with van der Waals surface area (Å²) in [6.45, 7) is 7.52. The summed E-state index contributed by atoms with van der Waals surface area (Å²) in [6.07, 6.45) is 1.02. The van der Waals surface area contributed by atoms with Crippen LogP contribution in [0.2, 0.25) is 0 Å². The van der Waals surface area contributed by atoms with E-state index >= 15 is 0 Å². The number of hydrogen-bond acceptors (Lipinski definition) is 4. The van der Waals surface area contributed by atoms with Gasteiger partial charge in [0.25, 0.3) is 0 Å². The maximum absolute atomic E-state index is 12.9. The minimum Gasteiger partial charge on any atom is -0.352 e. The molecule has 0 heterocycles. The average Bonchev–Trinajstić information content (AvgIpc) is 2.68. The van der Waals surface area contributed by atoms with Gasteiger partial charge in [-0.25, -0.2) is 4.79 Å². The molecule has 1 aromatic rings. The molecule has 0 aliphatic carbocycles. The van der Waals surface area contributed by atoms with Gasteiger partial charge in [-0.3, -0.25) is 14.4 Å². The minimum absolute atomic E-state index is 0.0967. The molecule has 0 saturated carbocycles. The number of carbonyl (C=O) groups is 4. The third kappa shape index (κ3) is 9.07. The Morgan fingerprint density at radius 3 is 2.13 bits per heavy atom. The van der Waals surface area contributed by atoms with Crippen molar-refractivity contribution in [2.24, 2.45) is 17.6 Å². The zero-order valence-corrected chi connectivity index (χ0v) is 18.2. The van der Waals surface area contributed by atoms with Crippen LogP contribution in [0.1, 0.15) is 46.1 Å². The van der Waals surface area contributed by atoms with Crippen LogP contribution in [0.15, 0.2) is 30.3 Å². The van der Waals surface area contributed by atoms with Gasteiger partial charge in [0.05, 0.1) is 12.5 Å². The molecule has 0 radical (unpaired) electrons. The molecular formula is C22H34N4O4. The molecule has 166 valence electrons. The van der Waals surface area contributed by atoms with E-state index in [1.54, 1.807) is 13.8 Å². The van der Waals surface area contributed by atoms with Crippen molar-refractivity contribution in [1.29, 1.82) is 0 Å². The second kappa shape index (κ2) is 12.6. The summed E-state index contributed by atoms with van der Waals surface area (Å²) < 4.78 is 0. The topological polar surface area (TPSA) is 130 Å². The standard InChI is InChI=1S/C22H34N4O4/c1-14(2)19(26-18(27)13-16-9-6-5-7-10-16)21(29)25-17(20(28)15(3)4)11-8-12-24-22(23)30/h5-7,9-10,14-15,17,19H,8,11-13H2,1-4H3,(H,25,29)(H,26,27)(H3,23,24,30). The zero-order valence-electron chi connectivity index (χ0n) is 18.2. The molecule has 0 aromatic heterocycles. The summed E-state index contributed by atoms with van der Waals surface area (Å²) in [4.78, 5) is 48.7. The number of hydrogen-bond donors (Lipinski definition) is 4. The summed E-state index contributed by atoms with van der Waals surface area (Å²) in [7, 11) is 0. The Bertz CT molecular complexity index is 719. The van der Waals surface area contributed by atoms with Crippen LogP contribution in [-0.2, 0) is 20.8 Å². The van der Waals surface area contributed by atoms with Crippen LogP contribution in [-0.4, -0.2) is 42.3 Å². The number of primary amides is 1. The zero-order chi connectivity index (χ0) is 22.7. The van der Waals surface area contributed by atoms with E-state index < -0.39 is 24.0 Å². The van der Waals surface area contributed by atoms with E-state index in [1.165, 1.54) is 0 Å². The molecule has 1 rings (SSSR count). The molecule has 0 fully saturated rings. The van der Waals surface area contributed by atoms with Crippen LogP contribution in [0.5, 0.6) is 0 Å². The molecule has 0 spiro atoms. The lowest BCUT2D eigenvalue weighted by Crippen LogP contribution is -2.54. The summed E-state index contributed by atoms with van der Waals surface area (Å²) in [5.74, 6) is -1.16. The highest BCUT2D eigenvalue weighted by Crippen LogP contribution is 2.09. The summed E-state index contributed by atoms with van der Waals surface area (Å²) in [5.41, 5.74) is 5.90. The first-order valence-electron chi connectivity index (χ1n) is 10.3. The van der Waals surface area contributed by atoms with Crippen LogP contribution >= 0.6 is 0 Å². The lowest BCUT2D eigenvalue weighted by molar-refractivity contribution is -0.133. The van der Waals surface area contributed by atoms with Crippen LogP contribution in [0.25, 0.3) is 0 Å². The number of nitrogens with two attached hydrogens (primary N) is 1. The van der Waals surface area contributed by atoms with E-state index in [9.17, 15) is 19.2 Å². The molecule has 2 atom stereocenters. The van der Waals surface area contributed by atoms with Crippen LogP contribution in [0.4, 0.5) is 4.79 Å². The number of urea groups is 1. The summed E-state index contributed by atoms with van der Waals surface area (Å²) in [6, 6.07) is 7.19. The summed E-state index contributed by atoms with van der Waals surface area (Å²) in [5, 5.41) is 8.04. The number of benzene rings is 1. The van der Waals surface area contributed by atoms with Gasteiger partial charge in [0.1, 0.15) is 6.04 Å². The van der Waals surface area contributed by atoms with E-state index in [-0.39, 0.29) is 29.9 Å². The van der Waals surface area contributed by atoms with Crippen LogP contribution in [0, 0.1) is 11.8 Å². The predicted molar refractivity (Wildman–Crippen MR) is 116 cm³/mol. The Morgan fingerprint density at radius 2 is 1.60 bits per heavy atom. The Hall–Kier alpha value is -2.90. The summed E-state index contributed by atoms with van der Waals surface area (Å²) >= 11 is 0. The maximum Gasteiger partial charge on any atom is 0.312 e. The first-order chi connectivity index (χ1) is 14.1. The van der Waals surface area contributed by atoms with Gasteiger partial charge in [-0.05, 0) is 24.3 Å². The highest BCUT2D eigenvalue weighted by Gasteiger charge is 2.29. The smallest absolute Gasteiger partial charge is 0.312 e. The third-order valence-corrected chi connectivity index (χ3v) is 4.67. The fourth-order valence-electron chi connectivity index (χ4n) is 3.01. The lowest BCUT2D eigenvalue weighted by atomic mass is 9.96. The molecule has 4 amide bonds. The van der Waals surface area contributed by atoms with Gasteiger partial charge in [0.15, 0.2) is 5.78 Å². The van der Waals surface area contributed by atoms with Gasteiger partial charge in [-0.15, -0.1) is 0 Å². The first-order valence-corrected chi connectivity index (χ1v) is 10.3. The molecule has 0 saturated heterocycles. The fourth-order valence-corrected chi connectivity index (χ4v) is 3.01.